The van der Waals surface area contributed by atoms with Crippen LogP contribution in [0.15, 0.2) is 42.7 Å². The molecule has 0 bridgehead atoms. The smallest absolute Gasteiger partial charge is 0.253 e. The second kappa shape index (κ2) is 6.72. The zero-order valence-corrected chi connectivity index (χ0v) is 15.4. The molecule has 3 aromatic rings. The molecule has 0 unspecified atom stereocenters. The van der Waals surface area contributed by atoms with Gasteiger partial charge in [-0.3, -0.25) is 9.78 Å². The van der Waals surface area contributed by atoms with Gasteiger partial charge in [0.1, 0.15) is 0 Å². The van der Waals surface area contributed by atoms with E-state index >= 15 is 0 Å². The highest BCUT2D eigenvalue weighted by molar-refractivity contribution is 5.99. The zero-order valence-electron chi connectivity index (χ0n) is 15.4. The maximum Gasteiger partial charge on any atom is 0.253 e. The first kappa shape index (κ1) is 16.4. The Kier molecular flexibility index (Phi) is 4.07. The number of fused-ring (bicyclic) bond motifs is 3. The fraction of sp³-hybridized carbons (Fsp3) is 0.364. The van der Waals surface area contributed by atoms with Gasteiger partial charge in [0.15, 0.2) is 0 Å². The Bertz CT molecular complexity index is 971. The highest BCUT2D eigenvalue weighted by Gasteiger charge is 2.23. The first-order valence-corrected chi connectivity index (χ1v) is 9.87. The summed E-state index contributed by atoms with van der Waals surface area (Å²) in [5.41, 5.74) is 5.95. The Morgan fingerprint density at radius 2 is 1.74 bits per heavy atom. The average molecular weight is 360 g/mol. The Morgan fingerprint density at radius 1 is 0.963 bits per heavy atom. The van der Waals surface area contributed by atoms with Gasteiger partial charge in [-0.2, -0.15) is 0 Å². The topological polar surface area (TPSA) is 52.2 Å². The van der Waals surface area contributed by atoms with E-state index in [1.54, 1.807) is 0 Å². The SMILES string of the molecule is O=C(c1ccc2[nH]c3c(c2c1)CCCC3)N1CCN(c2ccncc2)CC1. The van der Waals surface area contributed by atoms with Crippen molar-refractivity contribution in [3.05, 3.63) is 59.5 Å². The van der Waals surface area contributed by atoms with Gasteiger partial charge in [0.05, 0.1) is 0 Å². The molecule has 0 atom stereocenters. The highest BCUT2D eigenvalue weighted by atomic mass is 16.2. The van der Waals surface area contributed by atoms with Crippen molar-refractivity contribution in [1.82, 2.24) is 14.9 Å². The predicted molar refractivity (Wildman–Crippen MR) is 107 cm³/mol. The Morgan fingerprint density at radius 3 is 2.56 bits per heavy atom. The lowest BCUT2D eigenvalue weighted by atomic mass is 9.95. The van der Waals surface area contributed by atoms with E-state index in [4.69, 9.17) is 0 Å². The van der Waals surface area contributed by atoms with Crippen molar-refractivity contribution in [3.8, 4) is 0 Å². The summed E-state index contributed by atoms with van der Waals surface area (Å²) in [7, 11) is 0. The molecule has 1 N–H and O–H groups in total. The van der Waals surface area contributed by atoms with E-state index in [0.717, 1.165) is 44.6 Å². The van der Waals surface area contributed by atoms with Crippen LogP contribution in [-0.4, -0.2) is 47.0 Å². The van der Waals surface area contributed by atoms with E-state index in [0.29, 0.717) is 0 Å². The molecule has 0 saturated carbocycles. The lowest BCUT2D eigenvalue weighted by molar-refractivity contribution is 0.0747. The number of carbonyl (C=O) groups excluding carboxylic acids is 1. The van der Waals surface area contributed by atoms with Crippen molar-refractivity contribution in [2.75, 3.05) is 31.1 Å². The number of carbonyl (C=O) groups is 1. The highest BCUT2D eigenvalue weighted by Crippen LogP contribution is 2.30. The number of aromatic nitrogens is 2. The van der Waals surface area contributed by atoms with Crippen LogP contribution in [0.1, 0.15) is 34.5 Å². The van der Waals surface area contributed by atoms with Crippen molar-refractivity contribution in [1.29, 1.82) is 0 Å². The minimum Gasteiger partial charge on any atom is -0.368 e. The summed E-state index contributed by atoms with van der Waals surface area (Å²) >= 11 is 0. The number of hydrogen-bond donors (Lipinski definition) is 1. The largest absolute Gasteiger partial charge is 0.368 e. The van der Waals surface area contributed by atoms with Gasteiger partial charge in [0.25, 0.3) is 5.91 Å². The molecule has 1 fully saturated rings. The van der Waals surface area contributed by atoms with E-state index < -0.39 is 0 Å². The number of aromatic amines is 1. The molecule has 1 aliphatic carbocycles. The first-order chi connectivity index (χ1) is 13.3. The second-order valence-corrected chi connectivity index (χ2v) is 7.53. The number of nitrogens with zero attached hydrogens (tertiary/aromatic N) is 3. The first-order valence-electron chi connectivity index (χ1n) is 9.87. The third-order valence-electron chi connectivity index (χ3n) is 5.94. The van der Waals surface area contributed by atoms with Gasteiger partial charge < -0.3 is 14.8 Å². The minimum absolute atomic E-state index is 0.150. The summed E-state index contributed by atoms with van der Waals surface area (Å²) in [6.45, 7) is 3.23. The standard InChI is InChI=1S/C22H24N4O/c27-22(26-13-11-25(12-14-26)17-7-9-23-10-8-17)16-5-6-21-19(15-16)18-3-1-2-4-20(18)24-21/h5-10,15,24H,1-4,11-14H2. The quantitative estimate of drug-likeness (QED) is 0.762. The van der Waals surface area contributed by atoms with Gasteiger partial charge in [-0.1, -0.05) is 0 Å². The van der Waals surface area contributed by atoms with Crippen LogP contribution < -0.4 is 4.90 Å². The van der Waals surface area contributed by atoms with Crippen LogP contribution in [0.5, 0.6) is 0 Å². The van der Waals surface area contributed by atoms with Gasteiger partial charge in [0.2, 0.25) is 0 Å². The molecule has 1 amide bonds. The van der Waals surface area contributed by atoms with Gasteiger partial charge >= 0.3 is 0 Å². The fourth-order valence-electron chi connectivity index (χ4n) is 4.44. The van der Waals surface area contributed by atoms with Crippen LogP contribution >= 0.6 is 0 Å². The van der Waals surface area contributed by atoms with Crippen LogP contribution in [0.2, 0.25) is 0 Å². The number of nitrogens with one attached hydrogen (secondary N) is 1. The second-order valence-electron chi connectivity index (χ2n) is 7.53. The molecule has 2 aromatic heterocycles. The maximum atomic E-state index is 13.1. The molecular formula is C22H24N4O. The minimum atomic E-state index is 0.150. The summed E-state index contributed by atoms with van der Waals surface area (Å²) < 4.78 is 0. The molecule has 5 nitrogen and oxygen atoms in total. The molecule has 5 rings (SSSR count). The van der Waals surface area contributed by atoms with Gasteiger partial charge in [0, 0.05) is 66.4 Å². The molecule has 5 heteroatoms. The van der Waals surface area contributed by atoms with Crippen LogP contribution in [-0.2, 0) is 12.8 Å². The van der Waals surface area contributed by atoms with Crippen LogP contribution in [0.25, 0.3) is 10.9 Å². The number of anilines is 1. The van der Waals surface area contributed by atoms with Crippen molar-refractivity contribution < 1.29 is 4.79 Å². The number of amides is 1. The summed E-state index contributed by atoms with van der Waals surface area (Å²) in [4.78, 5) is 25.0. The molecular weight excluding hydrogens is 336 g/mol. The number of aryl methyl sites for hydroxylation is 2. The third kappa shape index (κ3) is 2.97. The molecule has 27 heavy (non-hydrogen) atoms. The van der Waals surface area contributed by atoms with Crippen molar-refractivity contribution in [3.63, 3.8) is 0 Å². The summed E-state index contributed by atoms with van der Waals surface area (Å²) in [6.07, 6.45) is 8.39. The Hall–Kier alpha value is -2.82. The number of pyridine rings is 1. The lowest BCUT2D eigenvalue weighted by Crippen LogP contribution is -2.48. The predicted octanol–water partition coefficient (Wildman–Crippen LogP) is 3.40. The molecule has 1 aliphatic heterocycles. The number of piperazine rings is 1. The molecule has 3 heterocycles. The number of rotatable bonds is 2. The number of benzene rings is 1. The van der Waals surface area contributed by atoms with Crippen molar-refractivity contribution >= 4 is 22.5 Å². The fourth-order valence-corrected chi connectivity index (χ4v) is 4.44. The average Bonchev–Trinajstić information content (AvgIpc) is 3.12. The van der Waals surface area contributed by atoms with E-state index in [9.17, 15) is 4.79 Å². The van der Waals surface area contributed by atoms with Gasteiger partial charge in [-0.25, -0.2) is 0 Å². The van der Waals surface area contributed by atoms with E-state index in [1.165, 1.54) is 40.7 Å². The molecule has 2 aliphatic rings. The molecule has 0 radical (unpaired) electrons. The van der Waals surface area contributed by atoms with Crippen LogP contribution in [0, 0.1) is 0 Å². The lowest BCUT2D eigenvalue weighted by Gasteiger charge is -2.36. The number of H-pyrrole nitrogens is 1. The summed E-state index contributed by atoms with van der Waals surface area (Å²) in [5.74, 6) is 0.150. The van der Waals surface area contributed by atoms with E-state index in [1.807, 2.05) is 35.5 Å². The zero-order chi connectivity index (χ0) is 18.2. The Labute approximate surface area is 159 Å². The van der Waals surface area contributed by atoms with Crippen LogP contribution in [0.4, 0.5) is 5.69 Å². The number of hydrogen-bond acceptors (Lipinski definition) is 3. The monoisotopic (exact) mass is 360 g/mol. The molecule has 1 saturated heterocycles. The summed E-state index contributed by atoms with van der Waals surface area (Å²) in [6, 6.07) is 10.2. The van der Waals surface area contributed by atoms with Gasteiger partial charge in [-0.15, -0.1) is 0 Å². The summed E-state index contributed by atoms with van der Waals surface area (Å²) in [5, 5.41) is 1.24. The molecule has 0 spiro atoms. The Balaban J connectivity index is 1.34. The van der Waals surface area contributed by atoms with Crippen molar-refractivity contribution in [2.24, 2.45) is 0 Å². The maximum absolute atomic E-state index is 13.1. The van der Waals surface area contributed by atoms with Crippen LogP contribution in [0.3, 0.4) is 0 Å². The third-order valence-corrected chi connectivity index (χ3v) is 5.94. The van der Waals surface area contributed by atoms with E-state index in [-0.39, 0.29) is 5.91 Å². The molecule has 1 aromatic carbocycles. The normalized spacial score (nSPS) is 17.2. The van der Waals surface area contributed by atoms with E-state index in [2.05, 4.69) is 27.0 Å². The van der Waals surface area contributed by atoms with Gasteiger partial charge in [-0.05, 0) is 61.6 Å². The molecule has 138 valence electrons. The van der Waals surface area contributed by atoms with Crippen molar-refractivity contribution in [2.45, 2.75) is 25.7 Å².